The van der Waals surface area contributed by atoms with Crippen LogP contribution in [0.3, 0.4) is 0 Å². The molecule has 0 aliphatic heterocycles. The highest BCUT2D eigenvalue weighted by molar-refractivity contribution is 7.92. The Labute approximate surface area is 156 Å². The van der Waals surface area contributed by atoms with E-state index in [-0.39, 0.29) is 21.7 Å². The van der Waals surface area contributed by atoms with E-state index in [1.54, 1.807) is 0 Å². The lowest BCUT2D eigenvalue weighted by molar-refractivity contribution is -0.128. The number of rotatable bonds is 6. The van der Waals surface area contributed by atoms with E-state index in [2.05, 4.69) is 10.0 Å². The number of sulfonamides is 1. The van der Waals surface area contributed by atoms with Gasteiger partial charge in [-0.2, -0.15) is 0 Å². The average Bonchev–Trinajstić information content (AvgIpc) is 2.63. The topological polar surface area (TPSA) is 102 Å². The minimum absolute atomic E-state index is 0.00777. The summed E-state index contributed by atoms with van der Waals surface area (Å²) in [6.45, 7) is 2.80. The first-order valence-electron chi connectivity index (χ1n) is 7.96. The standard InChI is InChI=1S/C18H19FN2O5S/c1-11-15(19)5-4-6-16(11)27(24,25)21-14-9-7-13(8-10-14)18(23)26-12(2)17(22)20-3/h4-10,12,21H,1-3H3,(H,20,22)/t12-/m0/s1. The van der Waals surface area contributed by atoms with Gasteiger partial charge in [0.25, 0.3) is 15.9 Å². The van der Waals surface area contributed by atoms with Crippen LogP contribution < -0.4 is 10.0 Å². The fourth-order valence-corrected chi connectivity index (χ4v) is 3.56. The minimum atomic E-state index is -3.99. The maximum Gasteiger partial charge on any atom is 0.338 e. The van der Waals surface area contributed by atoms with E-state index in [0.29, 0.717) is 0 Å². The molecule has 27 heavy (non-hydrogen) atoms. The van der Waals surface area contributed by atoms with Crippen LogP contribution in [0, 0.1) is 12.7 Å². The van der Waals surface area contributed by atoms with E-state index >= 15 is 0 Å². The van der Waals surface area contributed by atoms with Crippen LogP contribution >= 0.6 is 0 Å². The molecule has 0 heterocycles. The van der Waals surface area contributed by atoms with Crippen LogP contribution in [-0.2, 0) is 19.6 Å². The summed E-state index contributed by atoms with van der Waals surface area (Å²) in [5.41, 5.74) is 0.346. The zero-order valence-electron chi connectivity index (χ0n) is 14.9. The maximum atomic E-state index is 13.6. The molecule has 0 unspecified atom stereocenters. The number of hydrogen-bond acceptors (Lipinski definition) is 5. The molecule has 0 saturated carbocycles. The van der Waals surface area contributed by atoms with Gasteiger partial charge in [0.2, 0.25) is 0 Å². The summed E-state index contributed by atoms with van der Waals surface area (Å²) in [5, 5.41) is 2.36. The number of halogens is 1. The number of ether oxygens (including phenoxy) is 1. The van der Waals surface area contributed by atoms with Crippen molar-refractivity contribution in [3.8, 4) is 0 Å². The van der Waals surface area contributed by atoms with Crippen molar-refractivity contribution < 1.29 is 27.1 Å². The van der Waals surface area contributed by atoms with Gasteiger partial charge in [0, 0.05) is 18.3 Å². The molecule has 0 aliphatic carbocycles. The second-order valence-corrected chi connectivity index (χ2v) is 7.36. The van der Waals surface area contributed by atoms with E-state index in [1.807, 2.05) is 0 Å². The Bertz CT molecular complexity index is 958. The number of hydrogen-bond donors (Lipinski definition) is 2. The summed E-state index contributed by atoms with van der Waals surface area (Å²) in [6, 6.07) is 9.23. The number of carbonyl (C=O) groups is 2. The third-order valence-corrected chi connectivity index (χ3v) is 5.31. The molecule has 2 aromatic rings. The van der Waals surface area contributed by atoms with E-state index in [9.17, 15) is 22.4 Å². The van der Waals surface area contributed by atoms with Crippen LogP contribution in [0.4, 0.5) is 10.1 Å². The molecular formula is C18H19FN2O5S. The highest BCUT2D eigenvalue weighted by Crippen LogP contribution is 2.21. The van der Waals surface area contributed by atoms with Crippen LogP contribution in [0.1, 0.15) is 22.8 Å². The Morgan fingerprint density at radius 1 is 1.11 bits per heavy atom. The lowest BCUT2D eigenvalue weighted by Crippen LogP contribution is -2.33. The number of anilines is 1. The third kappa shape index (κ3) is 4.82. The molecule has 0 saturated heterocycles. The van der Waals surface area contributed by atoms with Gasteiger partial charge in [-0.3, -0.25) is 9.52 Å². The molecule has 1 amide bonds. The van der Waals surface area contributed by atoms with Gasteiger partial charge >= 0.3 is 5.97 Å². The molecule has 9 heteroatoms. The van der Waals surface area contributed by atoms with Gasteiger partial charge in [0.1, 0.15) is 5.82 Å². The maximum absolute atomic E-state index is 13.6. The molecule has 1 atom stereocenters. The molecule has 144 valence electrons. The monoisotopic (exact) mass is 394 g/mol. The lowest BCUT2D eigenvalue weighted by Gasteiger charge is -2.13. The number of carbonyl (C=O) groups excluding carboxylic acids is 2. The molecule has 7 nitrogen and oxygen atoms in total. The molecule has 2 N–H and O–H groups in total. The highest BCUT2D eigenvalue weighted by atomic mass is 32.2. The van der Waals surface area contributed by atoms with Crippen molar-refractivity contribution in [1.29, 1.82) is 0 Å². The predicted octanol–water partition coefficient (Wildman–Crippen LogP) is 2.23. The molecule has 0 aromatic heterocycles. The van der Waals surface area contributed by atoms with Crippen molar-refractivity contribution in [2.24, 2.45) is 0 Å². The van der Waals surface area contributed by atoms with Crippen LogP contribution in [-0.4, -0.2) is 33.4 Å². The number of likely N-dealkylation sites (N-methyl/N-ethyl adjacent to an activating group) is 1. The number of amides is 1. The summed E-state index contributed by atoms with van der Waals surface area (Å²) in [4.78, 5) is 23.2. The summed E-state index contributed by atoms with van der Waals surface area (Å²) in [7, 11) is -2.57. The van der Waals surface area contributed by atoms with Crippen molar-refractivity contribution in [2.75, 3.05) is 11.8 Å². The van der Waals surface area contributed by atoms with Crippen LogP contribution in [0.2, 0.25) is 0 Å². The van der Waals surface area contributed by atoms with Crippen molar-refractivity contribution in [1.82, 2.24) is 5.32 Å². The van der Waals surface area contributed by atoms with Gasteiger partial charge in [-0.1, -0.05) is 6.07 Å². The number of benzene rings is 2. The first kappa shape index (κ1) is 20.4. The summed E-state index contributed by atoms with van der Waals surface area (Å²) < 4.78 is 45.8. The van der Waals surface area contributed by atoms with Crippen molar-refractivity contribution >= 4 is 27.6 Å². The average molecular weight is 394 g/mol. The highest BCUT2D eigenvalue weighted by Gasteiger charge is 2.20. The first-order valence-corrected chi connectivity index (χ1v) is 9.44. The fourth-order valence-electron chi connectivity index (χ4n) is 2.25. The van der Waals surface area contributed by atoms with Crippen LogP contribution in [0.5, 0.6) is 0 Å². The SMILES string of the molecule is CNC(=O)[C@H](C)OC(=O)c1ccc(NS(=O)(=O)c2cccc(F)c2C)cc1. The Hall–Kier alpha value is -2.94. The van der Waals surface area contributed by atoms with Gasteiger partial charge in [-0.05, 0) is 50.2 Å². The predicted molar refractivity (Wildman–Crippen MR) is 97.3 cm³/mol. The first-order chi connectivity index (χ1) is 12.7. The minimum Gasteiger partial charge on any atom is -0.449 e. The Kier molecular flexibility index (Phi) is 6.17. The smallest absolute Gasteiger partial charge is 0.338 e. The fraction of sp³-hybridized carbons (Fsp3) is 0.222. The molecular weight excluding hydrogens is 375 g/mol. The molecule has 0 fully saturated rings. The molecule has 2 rings (SSSR count). The second-order valence-electron chi connectivity index (χ2n) is 5.71. The second kappa shape index (κ2) is 8.17. The zero-order valence-corrected chi connectivity index (χ0v) is 15.8. The van der Waals surface area contributed by atoms with E-state index in [0.717, 1.165) is 0 Å². The summed E-state index contributed by atoms with van der Waals surface area (Å²) in [5.74, 6) is -1.79. The quantitative estimate of drug-likeness (QED) is 0.732. The Balaban J connectivity index is 2.14. The number of nitrogens with one attached hydrogen (secondary N) is 2. The van der Waals surface area contributed by atoms with Crippen LogP contribution in [0.25, 0.3) is 0 Å². The third-order valence-electron chi connectivity index (χ3n) is 3.78. The largest absolute Gasteiger partial charge is 0.449 e. The van der Waals surface area contributed by atoms with E-state index in [1.165, 1.54) is 63.4 Å². The van der Waals surface area contributed by atoms with Gasteiger partial charge in [-0.15, -0.1) is 0 Å². The zero-order chi connectivity index (χ0) is 20.2. The molecule has 0 bridgehead atoms. The number of esters is 1. The van der Waals surface area contributed by atoms with Gasteiger partial charge in [0.05, 0.1) is 10.5 Å². The molecule has 0 spiro atoms. The summed E-state index contributed by atoms with van der Waals surface area (Å²) in [6.07, 6.45) is -0.961. The normalized spacial score (nSPS) is 12.1. The van der Waals surface area contributed by atoms with Gasteiger partial charge in [-0.25, -0.2) is 17.6 Å². The van der Waals surface area contributed by atoms with Crippen molar-refractivity contribution in [3.05, 3.63) is 59.4 Å². The van der Waals surface area contributed by atoms with E-state index in [4.69, 9.17) is 4.74 Å². The van der Waals surface area contributed by atoms with E-state index < -0.39 is 33.8 Å². The molecule has 0 radical (unpaired) electrons. The van der Waals surface area contributed by atoms with Gasteiger partial charge < -0.3 is 10.1 Å². The Morgan fingerprint density at radius 2 is 1.74 bits per heavy atom. The summed E-state index contributed by atoms with van der Waals surface area (Å²) >= 11 is 0. The lowest BCUT2D eigenvalue weighted by atomic mass is 10.2. The van der Waals surface area contributed by atoms with Gasteiger partial charge in [0.15, 0.2) is 6.10 Å². The van der Waals surface area contributed by atoms with Crippen LogP contribution in [0.15, 0.2) is 47.4 Å². The Morgan fingerprint density at radius 3 is 2.33 bits per heavy atom. The van der Waals surface area contributed by atoms with Crippen molar-refractivity contribution in [3.63, 3.8) is 0 Å². The molecule has 2 aromatic carbocycles. The van der Waals surface area contributed by atoms with Crippen molar-refractivity contribution in [2.45, 2.75) is 24.8 Å². The molecule has 0 aliphatic rings.